The topological polar surface area (TPSA) is 104 Å². The number of carbonyl (C=O) groups excluding carboxylic acids is 2. The van der Waals surface area contributed by atoms with Gasteiger partial charge in [-0.25, -0.2) is 0 Å². The van der Waals surface area contributed by atoms with Crippen LogP contribution in [0.25, 0.3) is 0 Å². The third-order valence-electron chi connectivity index (χ3n) is 9.64. The number of carbonyl (C=O) groups is 2. The maximum Gasteiger partial charge on any atom is 0.302 e. The average Bonchev–Trinajstić information content (AvgIpc) is 2.92. The van der Waals surface area contributed by atoms with Crippen molar-refractivity contribution in [2.24, 2.45) is 34.5 Å². The van der Waals surface area contributed by atoms with Crippen molar-refractivity contribution in [3.8, 4) is 0 Å². The van der Waals surface area contributed by atoms with E-state index in [1.165, 1.54) is 6.92 Å². The van der Waals surface area contributed by atoms with Crippen LogP contribution in [0, 0.1) is 34.5 Å². The number of ether oxygens (including phenoxy) is 1. The van der Waals surface area contributed by atoms with E-state index in [1.807, 2.05) is 6.92 Å². The molecule has 4 aliphatic rings. The van der Waals surface area contributed by atoms with Gasteiger partial charge in [0, 0.05) is 12.3 Å². The summed E-state index contributed by atoms with van der Waals surface area (Å²) in [7, 11) is 0. The van der Waals surface area contributed by atoms with Crippen molar-refractivity contribution in [3.63, 3.8) is 0 Å². The van der Waals surface area contributed by atoms with E-state index in [2.05, 4.69) is 6.92 Å². The minimum Gasteiger partial charge on any atom is -0.463 e. The lowest BCUT2D eigenvalue weighted by Crippen LogP contribution is -2.63. The molecule has 6 heteroatoms. The number of aliphatic hydroxyl groups is 3. The summed E-state index contributed by atoms with van der Waals surface area (Å²) >= 11 is 0. The summed E-state index contributed by atoms with van der Waals surface area (Å²) in [5.74, 6) is 0.287. The Morgan fingerprint density at radius 3 is 2.48 bits per heavy atom. The first-order valence-corrected chi connectivity index (χ1v) is 11.3. The van der Waals surface area contributed by atoms with Crippen molar-refractivity contribution in [1.29, 1.82) is 0 Å². The molecule has 29 heavy (non-hydrogen) atoms. The van der Waals surface area contributed by atoms with Gasteiger partial charge in [-0.1, -0.05) is 13.8 Å². The molecule has 0 aromatic heterocycles. The highest BCUT2D eigenvalue weighted by Gasteiger charge is 2.68. The SMILES string of the molecule is CC(=O)O[C@@H]1CC[C@@]2(C)[C@@H](CC[C@@H]3[C@@H]2[C@@H](O)C[C@@]2(C)[C@H]3CC[C@]2(O)C(=O)CO)C1. The quantitative estimate of drug-likeness (QED) is 0.619. The first kappa shape index (κ1) is 21.3. The summed E-state index contributed by atoms with van der Waals surface area (Å²) in [5.41, 5.74) is -2.24. The van der Waals surface area contributed by atoms with Gasteiger partial charge in [-0.15, -0.1) is 0 Å². The zero-order valence-corrected chi connectivity index (χ0v) is 17.9. The van der Waals surface area contributed by atoms with Crippen molar-refractivity contribution >= 4 is 11.8 Å². The van der Waals surface area contributed by atoms with Gasteiger partial charge in [0.1, 0.15) is 18.3 Å². The van der Waals surface area contributed by atoms with Gasteiger partial charge in [0.15, 0.2) is 5.78 Å². The smallest absolute Gasteiger partial charge is 0.302 e. The zero-order chi connectivity index (χ0) is 21.2. The average molecular weight is 409 g/mol. The standard InChI is InChI=1S/C23H36O6/c1-13(25)29-15-6-8-21(2)14(10-15)4-5-16-17-7-9-23(28,19(27)12-24)22(17,3)11-18(26)20(16)21/h14-18,20,24,26,28H,4-12H2,1-3H3/t14-,15+,16-,17-,18-,20+,21-,22-,23-/m0/s1. The van der Waals surface area contributed by atoms with Gasteiger partial charge < -0.3 is 20.1 Å². The van der Waals surface area contributed by atoms with Gasteiger partial charge >= 0.3 is 5.97 Å². The Balaban J connectivity index is 1.61. The van der Waals surface area contributed by atoms with Crippen molar-refractivity contribution in [3.05, 3.63) is 0 Å². The second kappa shape index (κ2) is 7.03. The number of hydrogen-bond donors (Lipinski definition) is 3. The lowest BCUT2D eigenvalue weighted by molar-refractivity contribution is -0.204. The van der Waals surface area contributed by atoms with Crippen LogP contribution in [0.3, 0.4) is 0 Å². The fraction of sp³-hybridized carbons (Fsp3) is 0.913. The number of hydrogen-bond acceptors (Lipinski definition) is 6. The molecule has 0 unspecified atom stereocenters. The van der Waals surface area contributed by atoms with E-state index >= 15 is 0 Å². The van der Waals surface area contributed by atoms with E-state index in [0.29, 0.717) is 18.8 Å². The van der Waals surface area contributed by atoms with E-state index in [1.54, 1.807) is 0 Å². The van der Waals surface area contributed by atoms with Crippen LogP contribution in [-0.4, -0.2) is 51.5 Å². The second-order valence-electron chi connectivity index (χ2n) is 10.8. The molecular formula is C23H36O6. The molecule has 4 fully saturated rings. The molecular weight excluding hydrogens is 372 g/mol. The van der Waals surface area contributed by atoms with E-state index in [-0.39, 0.29) is 35.2 Å². The molecule has 0 spiro atoms. The molecule has 9 atom stereocenters. The summed E-state index contributed by atoms with van der Waals surface area (Å²) in [4.78, 5) is 23.9. The van der Waals surface area contributed by atoms with Crippen molar-refractivity contribution in [2.75, 3.05) is 6.61 Å². The monoisotopic (exact) mass is 408 g/mol. The Morgan fingerprint density at radius 2 is 1.83 bits per heavy atom. The maximum absolute atomic E-state index is 12.5. The van der Waals surface area contributed by atoms with Crippen molar-refractivity contribution in [1.82, 2.24) is 0 Å². The van der Waals surface area contributed by atoms with Gasteiger partial charge in [-0.05, 0) is 80.5 Å². The third-order valence-corrected chi connectivity index (χ3v) is 9.64. The summed E-state index contributed by atoms with van der Waals surface area (Å²) in [5, 5.41) is 32.1. The van der Waals surface area contributed by atoms with Gasteiger partial charge in [0.2, 0.25) is 0 Å². The molecule has 4 saturated carbocycles. The van der Waals surface area contributed by atoms with Crippen LogP contribution in [0.2, 0.25) is 0 Å². The molecule has 6 nitrogen and oxygen atoms in total. The molecule has 4 rings (SSSR count). The summed E-state index contributed by atoms with van der Waals surface area (Å²) in [6.45, 7) is 5.06. The predicted octanol–water partition coefficient (Wildman–Crippen LogP) is 2.22. The number of aliphatic hydroxyl groups excluding tert-OH is 2. The summed E-state index contributed by atoms with van der Waals surface area (Å²) < 4.78 is 5.50. The molecule has 3 N–H and O–H groups in total. The number of rotatable bonds is 3. The highest BCUT2D eigenvalue weighted by atomic mass is 16.5. The molecule has 4 aliphatic carbocycles. The second-order valence-corrected chi connectivity index (χ2v) is 10.8. The summed E-state index contributed by atoms with van der Waals surface area (Å²) in [6.07, 6.45) is 5.56. The minimum absolute atomic E-state index is 0.0119. The van der Waals surface area contributed by atoms with Gasteiger partial charge in [0.05, 0.1) is 6.10 Å². The van der Waals surface area contributed by atoms with E-state index in [0.717, 1.165) is 38.5 Å². The van der Waals surface area contributed by atoms with E-state index in [9.17, 15) is 24.9 Å². The predicted molar refractivity (Wildman–Crippen MR) is 106 cm³/mol. The molecule has 0 heterocycles. The fourth-order valence-electron chi connectivity index (χ4n) is 8.28. The van der Waals surface area contributed by atoms with Crippen LogP contribution in [0.4, 0.5) is 0 Å². The fourth-order valence-corrected chi connectivity index (χ4v) is 8.28. The van der Waals surface area contributed by atoms with Crippen molar-refractivity contribution < 1.29 is 29.6 Å². The zero-order valence-electron chi connectivity index (χ0n) is 17.9. The molecule has 0 amide bonds. The highest BCUT2D eigenvalue weighted by Crippen LogP contribution is 2.68. The van der Waals surface area contributed by atoms with E-state index in [4.69, 9.17) is 4.74 Å². The van der Waals surface area contributed by atoms with Crippen LogP contribution in [0.5, 0.6) is 0 Å². The number of ketones is 1. The number of Topliss-reactive ketones (excluding diaryl/α,β-unsaturated/α-hetero) is 1. The Labute approximate surface area is 173 Å². The van der Waals surface area contributed by atoms with Crippen LogP contribution >= 0.6 is 0 Å². The molecule has 164 valence electrons. The Morgan fingerprint density at radius 1 is 1.10 bits per heavy atom. The maximum atomic E-state index is 12.5. The van der Waals surface area contributed by atoms with Crippen LogP contribution in [0.1, 0.15) is 72.1 Å². The van der Waals surface area contributed by atoms with Crippen LogP contribution < -0.4 is 0 Å². The Hall–Kier alpha value is -0.980. The number of esters is 1. The van der Waals surface area contributed by atoms with Crippen molar-refractivity contribution in [2.45, 2.75) is 89.9 Å². The Bertz CT molecular complexity index is 693. The van der Waals surface area contributed by atoms with Crippen LogP contribution in [-0.2, 0) is 14.3 Å². The van der Waals surface area contributed by atoms with E-state index < -0.39 is 29.5 Å². The lowest BCUT2D eigenvalue weighted by atomic mass is 9.43. The van der Waals surface area contributed by atoms with Crippen LogP contribution in [0.15, 0.2) is 0 Å². The van der Waals surface area contributed by atoms with Gasteiger partial charge in [0.25, 0.3) is 0 Å². The first-order valence-electron chi connectivity index (χ1n) is 11.3. The van der Waals surface area contributed by atoms with Gasteiger partial charge in [-0.3, -0.25) is 9.59 Å². The molecule has 0 bridgehead atoms. The van der Waals surface area contributed by atoms with Gasteiger partial charge in [-0.2, -0.15) is 0 Å². The summed E-state index contributed by atoms with van der Waals surface area (Å²) in [6, 6.07) is 0. The minimum atomic E-state index is -1.54. The lowest BCUT2D eigenvalue weighted by Gasteiger charge is -2.62. The molecule has 0 aromatic carbocycles. The normalized spacial score (nSPS) is 51.5. The largest absolute Gasteiger partial charge is 0.463 e. The molecule has 0 radical (unpaired) electrons. The number of fused-ring (bicyclic) bond motifs is 5. The molecule has 0 aromatic rings. The molecule has 0 saturated heterocycles. The first-order chi connectivity index (χ1) is 13.6. The third kappa shape index (κ3) is 2.93. The molecule has 0 aliphatic heterocycles. The highest BCUT2D eigenvalue weighted by molar-refractivity contribution is 5.89. The Kier molecular flexibility index (Phi) is 5.15.